The van der Waals surface area contributed by atoms with E-state index in [0.717, 1.165) is 24.0 Å². The number of carboxylic acid groups (broad SMARTS) is 1. The number of carbonyl (C=O) groups is 3. The fourth-order valence-corrected chi connectivity index (χ4v) is 5.82. The Kier molecular flexibility index (Phi) is 5.63. The van der Waals surface area contributed by atoms with E-state index in [0.29, 0.717) is 18.4 Å². The van der Waals surface area contributed by atoms with Crippen molar-refractivity contribution in [1.82, 2.24) is 10.2 Å². The maximum absolute atomic E-state index is 13.0. The molecule has 34 heavy (non-hydrogen) atoms. The first-order chi connectivity index (χ1) is 16.4. The maximum Gasteiger partial charge on any atom is 0.407 e. The van der Waals surface area contributed by atoms with E-state index in [1.807, 2.05) is 24.3 Å². The fraction of sp³-hybridized carbons (Fsp3) is 0.370. The largest absolute Gasteiger partial charge is 0.479 e. The smallest absolute Gasteiger partial charge is 0.407 e. The van der Waals surface area contributed by atoms with Gasteiger partial charge in [-0.25, -0.2) is 9.59 Å². The summed E-state index contributed by atoms with van der Waals surface area (Å²) in [6.07, 6.45) is 3.53. The molecule has 7 heteroatoms. The van der Waals surface area contributed by atoms with Crippen molar-refractivity contribution in [3.8, 4) is 11.1 Å². The average Bonchev–Trinajstić information content (AvgIpc) is 3.51. The lowest BCUT2D eigenvalue weighted by atomic mass is 9.88. The molecule has 2 amide bonds. The summed E-state index contributed by atoms with van der Waals surface area (Å²) >= 11 is 0. The highest BCUT2D eigenvalue weighted by atomic mass is 16.5. The molecule has 2 aromatic carbocycles. The number of nitrogens with one attached hydrogen (secondary N) is 1. The van der Waals surface area contributed by atoms with Crippen LogP contribution in [-0.2, 0) is 14.3 Å². The minimum atomic E-state index is -1.07. The Labute approximate surface area is 198 Å². The summed E-state index contributed by atoms with van der Waals surface area (Å²) in [7, 11) is 0. The summed E-state index contributed by atoms with van der Waals surface area (Å²) in [4.78, 5) is 38.7. The molecule has 2 N–H and O–H groups in total. The van der Waals surface area contributed by atoms with Crippen molar-refractivity contribution >= 4 is 18.0 Å². The van der Waals surface area contributed by atoms with Crippen molar-refractivity contribution in [3.63, 3.8) is 0 Å². The monoisotopic (exact) mass is 460 g/mol. The molecule has 3 aliphatic rings. The number of benzene rings is 2. The summed E-state index contributed by atoms with van der Waals surface area (Å²) in [5.74, 6) is -1.21. The normalized spacial score (nSPS) is 22.9. The van der Waals surface area contributed by atoms with Crippen LogP contribution in [0.15, 0.2) is 60.2 Å². The van der Waals surface area contributed by atoms with Crippen LogP contribution in [0.3, 0.4) is 0 Å². The van der Waals surface area contributed by atoms with E-state index >= 15 is 0 Å². The number of aliphatic carboxylic acids is 1. The summed E-state index contributed by atoms with van der Waals surface area (Å²) in [5, 5.41) is 12.4. The topological polar surface area (TPSA) is 95.9 Å². The number of carbonyl (C=O) groups excluding carboxylic acids is 2. The molecule has 0 aromatic heterocycles. The van der Waals surface area contributed by atoms with Gasteiger partial charge in [0.1, 0.15) is 12.1 Å². The lowest BCUT2D eigenvalue weighted by Crippen LogP contribution is -2.51. The van der Waals surface area contributed by atoms with Crippen molar-refractivity contribution in [2.24, 2.45) is 0 Å². The molecule has 2 saturated heterocycles. The van der Waals surface area contributed by atoms with Gasteiger partial charge in [0.15, 0.2) is 0 Å². The number of ether oxygens (including phenoxy) is 1. The van der Waals surface area contributed by atoms with Crippen molar-refractivity contribution in [2.45, 2.75) is 50.1 Å². The predicted octanol–water partition coefficient (Wildman–Crippen LogP) is 4.08. The van der Waals surface area contributed by atoms with Gasteiger partial charge in [-0.3, -0.25) is 4.79 Å². The van der Waals surface area contributed by atoms with Gasteiger partial charge >= 0.3 is 12.1 Å². The second-order valence-corrected chi connectivity index (χ2v) is 9.34. The van der Waals surface area contributed by atoms with Crippen LogP contribution in [0.25, 0.3) is 11.1 Å². The number of hydrogen-bond donors (Lipinski definition) is 2. The summed E-state index contributed by atoms with van der Waals surface area (Å²) in [6.45, 7) is 2.01. The van der Waals surface area contributed by atoms with Crippen LogP contribution in [0.2, 0.25) is 0 Å². The van der Waals surface area contributed by atoms with Gasteiger partial charge in [-0.1, -0.05) is 54.6 Å². The van der Waals surface area contributed by atoms with Gasteiger partial charge in [-0.2, -0.15) is 0 Å². The van der Waals surface area contributed by atoms with Crippen LogP contribution in [0, 0.1) is 0 Å². The van der Waals surface area contributed by atoms with Crippen LogP contribution < -0.4 is 5.32 Å². The Morgan fingerprint density at radius 2 is 1.65 bits per heavy atom. The quantitative estimate of drug-likeness (QED) is 0.634. The third-order valence-corrected chi connectivity index (χ3v) is 7.56. The van der Waals surface area contributed by atoms with E-state index in [9.17, 15) is 19.5 Å². The van der Waals surface area contributed by atoms with Crippen LogP contribution >= 0.6 is 0 Å². The van der Waals surface area contributed by atoms with Crippen LogP contribution in [-0.4, -0.2) is 52.7 Å². The number of carboxylic acids is 1. The summed E-state index contributed by atoms with van der Waals surface area (Å²) in [6, 6.07) is 16.3. The van der Waals surface area contributed by atoms with Gasteiger partial charge in [0, 0.05) is 24.1 Å². The van der Waals surface area contributed by atoms with Crippen molar-refractivity contribution in [3.05, 3.63) is 71.3 Å². The van der Waals surface area contributed by atoms with Crippen molar-refractivity contribution in [1.29, 1.82) is 0 Å². The molecule has 2 bridgehead atoms. The Hall–Kier alpha value is -3.61. The first-order valence-corrected chi connectivity index (χ1v) is 11.7. The minimum absolute atomic E-state index is 0.0120. The second kappa shape index (κ2) is 8.63. The molecule has 2 aliphatic heterocycles. The van der Waals surface area contributed by atoms with Gasteiger partial charge in [0.25, 0.3) is 0 Å². The first kappa shape index (κ1) is 22.2. The highest BCUT2D eigenvalue weighted by molar-refractivity contribution is 5.98. The number of amides is 2. The van der Waals surface area contributed by atoms with E-state index < -0.39 is 17.6 Å². The lowest BCUT2D eigenvalue weighted by Gasteiger charge is -2.31. The summed E-state index contributed by atoms with van der Waals surface area (Å²) < 4.78 is 5.52. The molecule has 0 saturated carbocycles. The van der Waals surface area contributed by atoms with Gasteiger partial charge < -0.3 is 20.1 Å². The summed E-state index contributed by atoms with van der Waals surface area (Å²) in [5.41, 5.74) is 3.98. The molecule has 2 fully saturated rings. The second-order valence-electron chi connectivity index (χ2n) is 9.34. The Balaban J connectivity index is 1.18. The number of rotatable bonds is 6. The molecule has 7 nitrogen and oxygen atoms in total. The van der Waals surface area contributed by atoms with Crippen molar-refractivity contribution < 1.29 is 24.2 Å². The Morgan fingerprint density at radius 1 is 1.06 bits per heavy atom. The number of alkyl carbamates (subject to hydrolysis) is 1. The van der Waals surface area contributed by atoms with Gasteiger partial charge in [-0.05, 0) is 54.9 Å². The van der Waals surface area contributed by atoms with E-state index in [1.54, 1.807) is 17.9 Å². The zero-order valence-electron chi connectivity index (χ0n) is 19.1. The van der Waals surface area contributed by atoms with E-state index in [4.69, 9.17) is 4.74 Å². The average molecular weight is 461 g/mol. The van der Waals surface area contributed by atoms with Crippen LogP contribution in [0.5, 0.6) is 0 Å². The van der Waals surface area contributed by atoms with Gasteiger partial charge in [-0.15, -0.1) is 0 Å². The number of fused-ring (bicyclic) bond motifs is 5. The zero-order valence-corrected chi connectivity index (χ0v) is 19.1. The molecule has 0 spiro atoms. The third kappa shape index (κ3) is 3.56. The van der Waals surface area contributed by atoms with Gasteiger partial charge in [0.2, 0.25) is 5.91 Å². The Morgan fingerprint density at radius 3 is 2.24 bits per heavy atom. The number of nitrogens with zero attached hydrogens (tertiary/aromatic N) is 1. The molecule has 1 aliphatic carbocycles. The highest BCUT2D eigenvalue weighted by Crippen LogP contribution is 2.47. The Bertz CT molecular complexity index is 1130. The third-order valence-electron chi connectivity index (χ3n) is 7.56. The van der Waals surface area contributed by atoms with E-state index in [2.05, 4.69) is 29.6 Å². The molecular weight excluding hydrogens is 432 g/mol. The minimum Gasteiger partial charge on any atom is -0.479 e. The predicted molar refractivity (Wildman–Crippen MR) is 126 cm³/mol. The van der Waals surface area contributed by atoms with E-state index in [-0.39, 0.29) is 31.0 Å². The SMILES string of the molecule is C/C(=C\CNC(=O)OCC1c2ccccc2-c2ccccc21)C(=O)N1C2CCC1(C(=O)O)CC2. The molecular formula is C27H28N2O5. The highest BCUT2D eigenvalue weighted by Gasteiger charge is 2.58. The maximum atomic E-state index is 13.0. The zero-order chi connectivity index (χ0) is 23.9. The van der Waals surface area contributed by atoms with Gasteiger partial charge in [0.05, 0.1) is 0 Å². The van der Waals surface area contributed by atoms with Crippen LogP contribution in [0.1, 0.15) is 49.7 Å². The molecule has 176 valence electrons. The van der Waals surface area contributed by atoms with Crippen molar-refractivity contribution in [2.75, 3.05) is 13.2 Å². The lowest BCUT2D eigenvalue weighted by molar-refractivity contribution is -0.154. The number of hydrogen-bond acceptors (Lipinski definition) is 4. The first-order valence-electron chi connectivity index (χ1n) is 11.7. The molecule has 2 aromatic rings. The van der Waals surface area contributed by atoms with Crippen LogP contribution in [0.4, 0.5) is 4.79 Å². The molecule has 0 unspecified atom stereocenters. The standard InChI is InChI=1S/C27H28N2O5/c1-17(24(30)29-18-10-13-27(29,14-11-18)25(31)32)12-15-28-26(33)34-16-23-21-8-4-2-6-19(21)20-7-3-5-9-22(20)23/h2-9,12,18,23H,10-11,13-16H2,1H3,(H,28,33)(H,31,32)/b17-12+. The molecule has 0 radical (unpaired) electrons. The molecule has 0 atom stereocenters. The molecule has 5 rings (SSSR count). The van der Waals surface area contributed by atoms with E-state index in [1.165, 1.54) is 11.1 Å². The molecule has 2 heterocycles. The fourth-order valence-electron chi connectivity index (χ4n) is 5.82.